The zero-order valence-corrected chi connectivity index (χ0v) is 10.7. The molecule has 2 N–H and O–H groups in total. The number of rotatable bonds is 4. The van der Waals surface area contributed by atoms with E-state index in [-0.39, 0.29) is 0 Å². The minimum Gasteiger partial charge on any atom is -0.329 e. The maximum atomic E-state index is 5.88. The summed E-state index contributed by atoms with van der Waals surface area (Å²) in [5.74, 6) is 0.876. The molecule has 2 unspecified atom stereocenters. The number of thiazole rings is 1. The van der Waals surface area contributed by atoms with Gasteiger partial charge >= 0.3 is 0 Å². The van der Waals surface area contributed by atoms with Gasteiger partial charge in [0, 0.05) is 24.2 Å². The van der Waals surface area contributed by atoms with Gasteiger partial charge in [-0.1, -0.05) is 13.3 Å². The standard InChI is InChI=1S/C12H21N3S/c1-2-10-3-5-15(11(7-10)8-13)9-12-14-4-6-16-12/h4,6,10-11H,2-3,5,7-9,13H2,1H3. The zero-order chi connectivity index (χ0) is 11.4. The average Bonchev–Trinajstić information content (AvgIpc) is 2.82. The van der Waals surface area contributed by atoms with E-state index in [4.69, 9.17) is 5.73 Å². The fraction of sp³-hybridized carbons (Fsp3) is 0.750. The lowest BCUT2D eigenvalue weighted by atomic mass is 9.89. The fourth-order valence-corrected chi connectivity index (χ4v) is 3.15. The Balaban J connectivity index is 1.93. The lowest BCUT2D eigenvalue weighted by molar-refractivity contribution is 0.107. The highest BCUT2D eigenvalue weighted by Crippen LogP contribution is 2.26. The molecule has 1 aromatic heterocycles. The van der Waals surface area contributed by atoms with Crippen LogP contribution in [0.1, 0.15) is 31.2 Å². The van der Waals surface area contributed by atoms with Gasteiger partial charge in [0.2, 0.25) is 0 Å². The molecule has 4 heteroatoms. The highest BCUT2D eigenvalue weighted by Gasteiger charge is 2.26. The smallest absolute Gasteiger partial charge is 0.107 e. The van der Waals surface area contributed by atoms with Gasteiger partial charge in [0.05, 0.1) is 6.54 Å². The van der Waals surface area contributed by atoms with Gasteiger partial charge in [-0.05, 0) is 25.3 Å². The molecule has 1 saturated heterocycles. The number of aromatic nitrogens is 1. The van der Waals surface area contributed by atoms with Crippen LogP contribution < -0.4 is 5.73 Å². The summed E-state index contributed by atoms with van der Waals surface area (Å²) in [4.78, 5) is 6.86. The minimum atomic E-state index is 0.558. The Morgan fingerprint density at radius 3 is 3.12 bits per heavy atom. The predicted molar refractivity (Wildman–Crippen MR) is 68.4 cm³/mol. The van der Waals surface area contributed by atoms with Crippen molar-refractivity contribution in [3.63, 3.8) is 0 Å². The highest BCUT2D eigenvalue weighted by atomic mass is 32.1. The fourth-order valence-electron chi connectivity index (χ4n) is 2.51. The largest absolute Gasteiger partial charge is 0.329 e. The van der Waals surface area contributed by atoms with Crippen molar-refractivity contribution in [1.29, 1.82) is 0 Å². The molecule has 2 rings (SSSR count). The van der Waals surface area contributed by atoms with Gasteiger partial charge in [-0.2, -0.15) is 0 Å². The van der Waals surface area contributed by atoms with Crippen molar-refractivity contribution < 1.29 is 0 Å². The summed E-state index contributed by atoms with van der Waals surface area (Å²) in [6.07, 6.45) is 5.76. The molecule has 1 aromatic rings. The van der Waals surface area contributed by atoms with Gasteiger partial charge in [-0.15, -0.1) is 11.3 Å². The van der Waals surface area contributed by atoms with Gasteiger partial charge in [0.25, 0.3) is 0 Å². The van der Waals surface area contributed by atoms with Crippen LogP contribution in [0.3, 0.4) is 0 Å². The van der Waals surface area contributed by atoms with Crippen LogP contribution in [0.4, 0.5) is 0 Å². The Bertz CT molecular complexity index is 299. The van der Waals surface area contributed by atoms with Crippen LogP contribution in [0.5, 0.6) is 0 Å². The molecule has 0 aromatic carbocycles. The quantitative estimate of drug-likeness (QED) is 0.875. The van der Waals surface area contributed by atoms with Gasteiger partial charge in [0.15, 0.2) is 0 Å². The Morgan fingerprint density at radius 2 is 2.50 bits per heavy atom. The summed E-state index contributed by atoms with van der Waals surface area (Å²) in [5.41, 5.74) is 5.88. The van der Waals surface area contributed by atoms with Crippen LogP contribution in [0.15, 0.2) is 11.6 Å². The molecule has 1 aliphatic heterocycles. The monoisotopic (exact) mass is 239 g/mol. The molecular weight excluding hydrogens is 218 g/mol. The van der Waals surface area contributed by atoms with Gasteiger partial charge in [-0.25, -0.2) is 4.98 Å². The molecule has 1 fully saturated rings. The first-order valence-electron chi connectivity index (χ1n) is 6.16. The van der Waals surface area contributed by atoms with E-state index in [2.05, 4.69) is 16.8 Å². The van der Waals surface area contributed by atoms with E-state index in [1.807, 2.05) is 11.6 Å². The first kappa shape index (κ1) is 12.0. The Labute approximate surface area is 102 Å². The molecule has 16 heavy (non-hydrogen) atoms. The first-order chi connectivity index (χ1) is 7.83. The van der Waals surface area contributed by atoms with Crippen LogP contribution in [-0.4, -0.2) is 29.0 Å². The number of piperidine rings is 1. The highest BCUT2D eigenvalue weighted by molar-refractivity contribution is 7.09. The van der Waals surface area contributed by atoms with E-state index in [1.165, 1.54) is 30.8 Å². The number of nitrogens with zero attached hydrogens (tertiary/aromatic N) is 2. The number of nitrogens with two attached hydrogens (primary N) is 1. The van der Waals surface area contributed by atoms with Gasteiger partial charge in [0.1, 0.15) is 5.01 Å². The van der Waals surface area contributed by atoms with E-state index in [0.29, 0.717) is 6.04 Å². The number of hydrogen-bond acceptors (Lipinski definition) is 4. The maximum absolute atomic E-state index is 5.88. The molecule has 2 heterocycles. The first-order valence-corrected chi connectivity index (χ1v) is 7.04. The van der Waals surface area contributed by atoms with Crippen molar-refractivity contribution in [2.45, 2.75) is 38.8 Å². The van der Waals surface area contributed by atoms with Gasteiger partial charge in [-0.3, -0.25) is 4.90 Å². The van der Waals surface area contributed by atoms with E-state index >= 15 is 0 Å². The molecule has 0 amide bonds. The SMILES string of the molecule is CCC1CCN(Cc2nccs2)C(CN)C1. The third-order valence-electron chi connectivity index (χ3n) is 3.62. The third-order valence-corrected chi connectivity index (χ3v) is 4.38. The lowest BCUT2D eigenvalue weighted by Gasteiger charge is -2.38. The third kappa shape index (κ3) is 2.81. The molecule has 0 bridgehead atoms. The Kier molecular flexibility index (Phi) is 4.32. The molecule has 0 aliphatic carbocycles. The molecule has 90 valence electrons. The Morgan fingerprint density at radius 1 is 1.62 bits per heavy atom. The van der Waals surface area contributed by atoms with E-state index < -0.39 is 0 Å². The summed E-state index contributed by atoms with van der Waals surface area (Å²) in [7, 11) is 0. The molecule has 0 saturated carbocycles. The van der Waals surface area contributed by atoms with E-state index in [9.17, 15) is 0 Å². The average molecular weight is 239 g/mol. The molecule has 0 radical (unpaired) electrons. The maximum Gasteiger partial charge on any atom is 0.107 e. The van der Waals surface area contributed by atoms with Gasteiger partial charge < -0.3 is 5.73 Å². The lowest BCUT2D eigenvalue weighted by Crippen LogP contribution is -2.45. The minimum absolute atomic E-state index is 0.558. The summed E-state index contributed by atoms with van der Waals surface area (Å²) in [6, 6.07) is 0.558. The van der Waals surface area contributed by atoms with Crippen molar-refractivity contribution in [3.8, 4) is 0 Å². The topological polar surface area (TPSA) is 42.2 Å². The van der Waals surface area contributed by atoms with Crippen molar-refractivity contribution >= 4 is 11.3 Å². The van der Waals surface area contributed by atoms with Crippen molar-refractivity contribution in [3.05, 3.63) is 16.6 Å². The second kappa shape index (κ2) is 5.75. The van der Waals surface area contributed by atoms with Crippen LogP contribution >= 0.6 is 11.3 Å². The summed E-state index contributed by atoms with van der Waals surface area (Å²) < 4.78 is 0. The van der Waals surface area contributed by atoms with Crippen LogP contribution in [0.2, 0.25) is 0 Å². The van der Waals surface area contributed by atoms with E-state index in [0.717, 1.165) is 19.0 Å². The number of hydrogen-bond donors (Lipinski definition) is 1. The molecule has 2 atom stereocenters. The van der Waals surface area contributed by atoms with E-state index in [1.54, 1.807) is 11.3 Å². The molecular formula is C12H21N3S. The molecule has 3 nitrogen and oxygen atoms in total. The van der Waals surface area contributed by atoms with Crippen molar-refractivity contribution in [2.75, 3.05) is 13.1 Å². The van der Waals surface area contributed by atoms with Crippen LogP contribution in [-0.2, 0) is 6.54 Å². The van der Waals surface area contributed by atoms with Crippen LogP contribution in [0.25, 0.3) is 0 Å². The predicted octanol–water partition coefficient (Wildman–Crippen LogP) is 2.09. The van der Waals surface area contributed by atoms with Crippen molar-refractivity contribution in [1.82, 2.24) is 9.88 Å². The molecule has 0 spiro atoms. The Hall–Kier alpha value is -0.450. The summed E-state index contributed by atoms with van der Waals surface area (Å²) in [5, 5.41) is 3.26. The van der Waals surface area contributed by atoms with Crippen molar-refractivity contribution in [2.24, 2.45) is 11.7 Å². The molecule has 1 aliphatic rings. The van der Waals surface area contributed by atoms with Crippen LogP contribution in [0, 0.1) is 5.92 Å². The zero-order valence-electron chi connectivity index (χ0n) is 9.93. The summed E-state index contributed by atoms with van der Waals surface area (Å²) in [6.45, 7) is 5.23. The normalized spacial score (nSPS) is 27.1. The second-order valence-electron chi connectivity index (χ2n) is 4.58. The summed E-state index contributed by atoms with van der Waals surface area (Å²) >= 11 is 1.74. The second-order valence-corrected chi connectivity index (χ2v) is 5.56. The number of likely N-dealkylation sites (tertiary alicyclic amines) is 1.